The van der Waals surface area contributed by atoms with Gasteiger partial charge < -0.3 is 15.2 Å². The van der Waals surface area contributed by atoms with E-state index in [9.17, 15) is 9.59 Å². The highest BCUT2D eigenvalue weighted by Gasteiger charge is 2.23. The number of carbonyl (C=O) groups excluding carboxylic acids is 2. The van der Waals surface area contributed by atoms with Crippen molar-refractivity contribution >= 4 is 22.7 Å². The molecule has 3 aromatic rings. The molecule has 0 unspecified atom stereocenters. The summed E-state index contributed by atoms with van der Waals surface area (Å²) < 4.78 is 0. The Hall–Kier alpha value is -3.15. The third-order valence-electron chi connectivity index (χ3n) is 5.63. The molecule has 6 nitrogen and oxygen atoms in total. The number of H-pyrrole nitrogens is 1. The van der Waals surface area contributed by atoms with Crippen molar-refractivity contribution in [2.24, 2.45) is 5.92 Å². The van der Waals surface area contributed by atoms with Crippen LogP contribution in [0, 0.1) is 5.92 Å². The lowest BCUT2D eigenvalue weighted by Gasteiger charge is -2.30. The van der Waals surface area contributed by atoms with Gasteiger partial charge in [-0.05, 0) is 48.9 Å². The summed E-state index contributed by atoms with van der Waals surface area (Å²) in [6.07, 6.45) is 4.73. The first-order chi connectivity index (χ1) is 14.1. The SMILES string of the molecule is CC1CCN(C(=O)c2cccc(C(=O)NCCc3c[nH]c4ccccc34)n2)CC1. The first-order valence-corrected chi connectivity index (χ1v) is 10.2. The summed E-state index contributed by atoms with van der Waals surface area (Å²) in [6.45, 7) is 4.22. The van der Waals surface area contributed by atoms with Crippen LogP contribution >= 0.6 is 0 Å². The first kappa shape index (κ1) is 19.2. The van der Waals surface area contributed by atoms with Gasteiger partial charge in [-0.1, -0.05) is 31.2 Å². The molecule has 29 heavy (non-hydrogen) atoms. The van der Waals surface area contributed by atoms with E-state index in [1.807, 2.05) is 29.3 Å². The van der Waals surface area contributed by atoms with Gasteiger partial charge in [0, 0.05) is 36.7 Å². The van der Waals surface area contributed by atoms with Crippen molar-refractivity contribution in [1.82, 2.24) is 20.2 Å². The van der Waals surface area contributed by atoms with Gasteiger partial charge in [-0.3, -0.25) is 9.59 Å². The standard InChI is InChI=1S/C23H26N4O2/c1-16-10-13-27(14-11-16)23(29)21-8-4-7-20(26-21)22(28)24-12-9-17-15-25-19-6-3-2-5-18(17)19/h2-8,15-16,25H,9-14H2,1H3,(H,24,28). The number of hydrogen-bond acceptors (Lipinski definition) is 3. The van der Waals surface area contributed by atoms with Crippen LogP contribution < -0.4 is 5.32 Å². The molecule has 1 aliphatic heterocycles. The molecule has 1 saturated heterocycles. The number of likely N-dealkylation sites (tertiary alicyclic amines) is 1. The highest BCUT2D eigenvalue weighted by molar-refractivity contribution is 5.96. The van der Waals surface area contributed by atoms with Gasteiger partial charge >= 0.3 is 0 Å². The number of aromatic nitrogens is 2. The van der Waals surface area contributed by atoms with Gasteiger partial charge in [0.15, 0.2) is 0 Å². The summed E-state index contributed by atoms with van der Waals surface area (Å²) in [5.41, 5.74) is 2.87. The van der Waals surface area contributed by atoms with Crippen LogP contribution in [0.1, 0.15) is 46.3 Å². The zero-order valence-electron chi connectivity index (χ0n) is 16.6. The number of carbonyl (C=O) groups is 2. The summed E-state index contributed by atoms with van der Waals surface area (Å²) in [5, 5.41) is 4.08. The molecule has 1 fully saturated rings. The normalized spacial score (nSPS) is 14.9. The number of nitrogens with one attached hydrogen (secondary N) is 2. The number of aromatic amines is 1. The monoisotopic (exact) mass is 390 g/mol. The Morgan fingerprint density at radius 1 is 1.10 bits per heavy atom. The predicted molar refractivity (Wildman–Crippen MR) is 113 cm³/mol. The molecular weight excluding hydrogens is 364 g/mol. The number of piperidine rings is 1. The molecule has 0 bridgehead atoms. The number of hydrogen-bond donors (Lipinski definition) is 2. The average molecular weight is 390 g/mol. The second kappa shape index (κ2) is 8.47. The average Bonchev–Trinajstić information content (AvgIpc) is 3.17. The van der Waals surface area contributed by atoms with Gasteiger partial charge in [0.25, 0.3) is 11.8 Å². The third kappa shape index (κ3) is 4.31. The summed E-state index contributed by atoms with van der Waals surface area (Å²) in [6, 6.07) is 13.2. The highest BCUT2D eigenvalue weighted by atomic mass is 16.2. The van der Waals surface area contributed by atoms with Crippen molar-refractivity contribution in [1.29, 1.82) is 0 Å². The zero-order valence-corrected chi connectivity index (χ0v) is 16.6. The molecule has 0 atom stereocenters. The van der Waals surface area contributed by atoms with Crippen molar-refractivity contribution in [3.05, 3.63) is 65.6 Å². The molecule has 0 spiro atoms. The van der Waals surface area contributed by atoms with Crippen LogP contribution in [0.3, 0.4) is 0 Å². The molecule has 3 heterocycles. The van der Waals surface area contributed by atoms with E-state index in [2.05, 4.69) is 28.3 Å². The fourth-order valence-corrected chi connectivity index (χ4v) is 3.79. The number of fused-ring (bicyclic) bond motifs is 1. The molecule has 6 heteroatoms. The van der Waals surface area contributed by atoms with Crippen molar-refractivity contribution in [3.8, 4) is 0 Å². The zero-order chi connectivity index (χ0) is 20.2. The van der Waals surface area contributed by atoms with E-state index in [1.54, 1.807) is 18.2 Å². The number of nitrogens with zero attached hydrogens (tertiary/aromatic N) is 2. The van der Waals surface area contributed by atoms with Crippen LogP contribution in [-0.4, -0.2) is 46.3 Å². The Morgan fingerprint density at radius 3 is 2.69 bits per heavy atom. The van der Waals surface area contributed by atoms with E-state index in [0.717, 1.165) is 43.4 Å². The second-order valence-corrected chi connectivity index (χ2v) is 7.75. The molecule has 4 rings (SSSR count). The maximum atomic E-state index is 12.7. The lowest BCUT2D eigenvalue weighted by molar-refractivity contribution is 0.0691. The van der Waals surface area contributed by atoms with Gasteiger partial charge in [0.05, 0.1) is 0 Å². The van der Waals surface area contributed by atoms with Crippen molar-refractivity contribution < 1.29 is 9.59 Å². The molecule has 0 aliphatic carbocycles. The van der Waals surface area contributed by atoms with Gasteiger partial charge in [-0.15, -0.1) is 0 Å². The largest absolute Gasteiger partial charge is 0.361 e. The molecule has 2 aromatic heterocycles. The fourth-order valence-electron chi connectivity index (χ4n) is 3.79. The van der Waals surface area contributed by atoms with Crippen LogP contribution in [0.15, 0.2) is 48.7 Å². The fraction of sp³-hybridized carbons (Fsp3) is 0.348. The van der Waals surface area contributed by atoms with Crippen molar-refractivity contribution in [2.45, 2.75) is 26.2 Å². The quantitative estimate of drug-likeness (QED) is 0.701. The van der Waals surface area contributed by atoms with E-state index in [1.165, 1.54) is 5.39 Å². The summed E-state index contributed by atoms with van der Waals surface area (Å²) in [5.74, 6) is 0.304. The number of benzene rings is 1. The highest BCUT2D eigenvalue weighted by Crippen LogP contribution is 2.19. The van der Waals surface area contributed by atoms with Crippen molar-refractivity contribution in [2.75, 3.05) is 19.6 Å². The maximum Gasteiger partial charge on any atom is 0.272 e. The van der Waals surface area contributed by atoms with Crippen LogP contribution in [0.25, 0.3) is 10.9 Å². The minimum Gasteiger partial charge on any atom is -0.361 e. The minimum absolute atomic E-state index is 0.0923. The molecule has 0 radical (unpaired) electrons. The van der Waals surface area contributed by atoms with Gasteiger partial charge in [-0.2, -0.15) is 0 Å². The molecule has 2 N–H and O–H groups in total. The predicted octanol–water partition coefficient (Wildman–Crippen LogP) is 3.41. The van der Waals surface area contributed by atoms with Crippen LogP contribution in [-0.2, 0) is 6.42 Å². The molecular formula is C23H26N4O2. The maximum absolute atomic E-state index is 12.7. The summed E-state index contributed by atoms with van der Waals surface area (Å²) in [7, 11) is 0. The Labute approximate surface area is 170 Å². The molecule has 1 aliphatic rings. The Balaban J connectivity index is 1.36. The first-order valence-electron chi connectivity index (χ1n) is 10.2. The second-order valence-electron chi connectivity index (χ2n) is 7.75. The third-order valence-corrected chi connectivity index (χ3v) is 5.63. The summed E-state index contributed by atoms with van der Waals surface area (Å²) in [4.78, 5) is 34.6. The topological polar surface area (TPSA) is 78.1 Å². The Kier molecular flexibility index (Phi) is 5.60. The minimum atomic E-state index is -0.258. The molecule has 0 saturated carbocycles. The van der Waals surface area contributed by atoms with E-state index >= 15 is 0 Å². The Bertz CT molecular complexity index is 1020. The van der Waals surface area contributed by atoms with E-state index in [4.69, 9.17) is 0 Å². The molecule has 150 valence electrons. The molecule has 2 amide bonds. The van der Waals surface area contributed by atoms with E-state index < -0.39 is 0 Å². The molecule has 1 aromatic carbocycles. The van der Waals surface area contributed by atoms with E-state index in [0.29, 0.717) is 18.2 Å². The van der Waals surface area contributed by atoms with Gasteiger partial charge in [0.2, 0.25) is 0 Å². The lowest BCUT2D eigenvalue weighted by atomic mass is 9.99. The lowest BCUT2D eigenvalue weighted by Crippen LogP contribution is -2.38. The van der Waals surface area contributed by atoms with Crippen molar-refractivity contribution in [3.63, 3.8) is 0 Å². The number of amides is 2. The van der Waals surface area contributed by atoms with Gasteiger partial charge in [-0.25, -0.2) is 4.98 Å². The summed E-state index contributed by atoms with van der Waals surface area (Å²) >= 11 is 0. The number of rotatable bonds is 5. The number of pyridine rings is 1. The van der Waals surface area contributed by atoms with Crippen LogP contribution in [0.5, 0.6) is 0 Å². The Morgan fingerprint density at radius 2 is 1.86 bits per heavy atom. The van der Waals surface area contributed by atoms with Crippen LogP contribution in [0.2, 0.25) is 0 Å². The van der Waals surface area contributed by atoms with Gasteiger partial charge in [0.1, 0.15) is 11.4 Å². The number of para-hydroxylation sites is 1. The van der Waals surface area contributed by atoms with E-state index in [-0.39, 0.29) is 17.5 Å². The smallest absolute Gasteiger partial charge is 0.272 e. The van der Waals surface area contributed by atoms with Crippen LogP contribution in [0.4, 0.5) is 0 Å².